The van der Waals surface area contributed by atoms with Gasteiger partial charge in [-0.25, -0.2) is 0 Å². The van der Waals surface area contributed by atoms with Gasteiger partial charge in [0.15, 0.2) is 0 Å². The van der Waals surface area contributed by atoms with Crippen LogP contribution in [0.15, 0.2) is 12.4 Å². The molecule has 0 aromatic carbocycles. The van der Waals surface area contributed by atoms with E-state index in [0.29, 0.717) is 31.2 Å². The number of hydrogen-bond donors (Lipinski definition) is 0. The molecule has 0 aliphatic heterocycles. The van der Waals surface area contributed by atoms with Crippen LogP contribution in [-0.2, 0) is 10.7 Å². The molecule has 0 spiro atoms. The zero-order valence-electron chi connectivity index (χ0n) is 6.04. The minimum absolute atomic E-state index is 0.376. The number of nitrogens with zero attached hydrogens (tertiary/aromatic N) is 2. The van der Waals surface area contributed by atoms with Crippen LogP contribution in [0.1, 0.15) is 11.4 Å². The standard InChI is InChI=1S/C6H6Br2N2O2/c7-3-5-6(4-8)10(12)2-1-9(5)11/h1-2H,3-4H2. The smallest absolute Gasteiger partial charge is 0.269 e. The summed E-state index contributed by atoms with van der Waals surface area (Å²) in [5.74, 6) is 0. The Kier molecular flexibility index (Phi) is 3.28. The topological polar surface area (TPSA) is 51.0 Å². The lowest BCUT2D eigenvalue weighted by Gasteiger charge is -2.12. The molecular weight excluding hydrogens is 292 g/mol. The van der Waals surface area contributed by atoms with E-state index in [1.165, 1.54) is 12.4 Å². The molecule has 0 amide bonds. The highest BCUT2D eigenvalue weighted by Gasteiger charge is 2.13. The summed E-state index contributed by atoms with van der Waals surface area (Å²) in [6, 6.07) is 0. The van der Waals surface area contributed by atoms with Gasteiger partial charge in [-0.2, -0.15) is 0 Å². The summed E-state index contributed by atoms with van der Waals surface area (Å²) in [5, 5.41) is 11.8. The van der Waals surface area contributed by atoms with Gasteiger partial charge in [0.05, 0.1) is 21.6 Å². The van der Waals surface area contributed by atoms with Crippen LogP contribution in [-0.4, -0.2) is 4.73 Å². The Labute approximate surface area is 85.6 Å². The second kappa shape index (κ2) is 4.04. The monoisotopic (exact) mass is 296 g/mol. The first-order valence-corrected chi connectivity index (χ1v) is 5.40. The molecule has 1 rings (SSSR count). The van der Waals surface area contributed by atoms with Gasteiger partial charge in [-0.05, 0) is 0 Å². The Balaban J connectivity index is 3.39. The molecular formula is C6H6Br2N2O2. The highest BCUT2D eigenvalue weighted by molar-refractivity contribution is 9.09. The lowest BCUT2D eigenvalue weighted by molar-refractivity contribution is -0.504. The molecule has 0 saturated carbocycles. The molecule has 4 nitrogen and oxygen atoms in total. The largest absolute Gasteiger partial charge is 0.805 e. The van der Waals surface area contributed by atoms with Crippen LogP contribution in [0, 0.1) is 10.1 Å². The van der Waals surface area contributed by atoms with Gasteiger partial charge in [0.25, 0.3) is 5.69 Å². The van der Waals surface area contributed by atoms with Gasteiger partial charge in [0.2, 0.25) is 6.20 Å². The Morgan fingerprint density at radius 1 is 1.50 bits per heavy atom. The fourth-order valence-corrected chi connectivity index (χ4v) is 1.97. The van der Waals surface area contributed by atoms with Crippen LogP contribution >= 0.6 is 31.9 Å². The first-order chi connectivity index (χ1) is 5.70. The third kappa shape index (κ3) is 1.69. The minimum atomic E-state index is 0.376. The predicted octanol–water partition coefficient (Wildman–Crippen LogP) is 1.54. The molecule has 6 heteroatoms. The van der Waals surface area contributed by atoms with E-state index in [4.69, 9.17) is 0 Å². The number of rotatable bonds is 2. The number of hydrogen-bond acceptors (Lipinski definition) is 2. The Hall–Kier alpha value is -0.360. The molecule has 0 atom stereocenters. The fourth-order valence-electron chi connectivity index (χ4n) is 0.827. The second-order valence-corrected chi connectivity index (χ2v) is 3.23. The molecule has 0 radical (unpaired) electrons. The predicted molar refractivity (Wildman–Crippen MR) is 51.8 cm³/mol. The van der Waals surface area contributed by atoms with E-state index in [2.05, 4.69) is 31.9 Å². The summed E-state index contributed by atoms with van der Waals surface area (Å²) in [6.45, 7) is 0. The summed E-state index contributed by atoms with van der Waals surface area (Å²) >= 11 is 6.28. The van der Waals surface area contributed by atoms with E-state index < -0.39 is 0 Å². The van der Waals surface area contributed by atoms with Crippen molar-refractivity contribution in [1.82, 2.24) is 4.73 Å². The van der Waals surface area contributed by atoms with E-state index in [-0.39, 0.29) is 0 Å². The van der Waals surface area contributed by atoms with Crippen molar-refractivity contribution in [2.45, 2.75) is 10.7 Å². The van der Waals surface area contributed by atoms with Crippen LogP contribution in [0.25, 0.3) is 0 Å². The van der Waals surface area contributed by atoms with Crippen molar-refractivity contribution in [2.24, 2.45) is 0 Å². The number of aromatic nitrogens is 2. The van der Waals surface area contributed by atoms with Gasteiger partial charge in [0.1, 0.15) is 0 Å². The minimum Gasteiger partial charge on any atom is -0.805 e. The lowest BCUT2D eigenvalue weighted by atomic mass is 10.3. The summed E-state index contributed by atoms with van der Waals surface area (Å²) in [7, 11) is 0. The molecule has 1 aromatic rings. The van der Waals surface area contributed by atoms with Crippen molar-refractivity contribution in [1.29, 1.82) is 0 Å². The van der Waals surface area contributed by atoms with Crippen LogP contribution < -0.4 is 4.43 Å². The van der Waals surface area contributed by atoms with E-state index in [9.17, 15) is 10.1 Å². The second-order valence-electron chi connectivity index (χ2n) is 2.11. The summed E-state index contributed by atoms with van der Waals surface area (Å²) < 4.78 is 1.36. The third-order valence-electron chi connectivity index (χ3n) is 1.46. The molecule has 1 aromatic heterocycles. The lowest BCUT2D eigenvalue weighted by Crippen LogP contribution is -2.24. The van der Waals surface area contributed by atoms with Gasteiger partial charge < -0.3 is 9.94 Å². The zero-order chi connectivity index (χ0) is 9.14. The molecule has 12 heavy (non-hydrogen) atoms. The SMILES string of the molecule is O=[n+]1ccn([O-])c(CBr)c1CBr. The first-order valence-electron chi connectivity index (χ1n) is 3.15. The summed E-state index contributed by atoms with van der Waals surface area (Å²) in [4.78, 5) is 11.1. The number of halogens is 2. The molecule has 0 aliphatic carbocycles. The number of alkyl halides is 2. The first kappa shape index (κ1) is 9.73. The van der Waals surface area contributed by atoms with Crippen LogP contribution in [0.3, 0.4) is 0 Å². The molecule has 66 valence electrons. The van der Waals surface area contributed by atoms with E-state index in [1.807, 2.05) is 0 Å². The highest BCUT2D eigenvalue weighted by atomic mass is 79.9. The van der Waals surface area contributed by atoms with Crippen molar-refractivity contribution in [3.8, 4) is 0 Å². The van der Waals surface area contributed by atoms with E-state index in [0.717, 1.165) is 0 Å². The summed E-state index contributed by atoms with van der Waals surface area (Å²) in [5.41, 5.74) is 0.869. The van der Waals surface area contributed by atoms with Crippen molar-refractivity contribution in [3.05, 3.63) is 33.9 Å². The van der Waals surface area contributed by atoms with Gasteiger partial charge in [-0.15, -0.1) is 0 Å². The van der Waals surface area contributed by atoms with Gasteiger partial charge in [0, 0.05) is 10.2 Å². The van der Waals surface area contributed by atoms with E-state index in [1.54, 1.807) is 0 Å². The Morgan fingerprint density at radius 2 is 2.17 bits per heavy atom. The average molecular weight is 298 g/mol. The van der Waals surface area contributed by atoms with Crippen LogP contribution in [0.5, 0.6) is 0 Å². The quantitative estimate of drug-likeness (QED) is 0.614. The maximum absolute atomic E-state index is 11.1. The van der Waals surface area contributed by atoms with Crippen LogP contribution in [0.4, 0.5) is 0 Å². The van der Waals surface area contributed by atoms with Gasteiger partial charge in [-0.3, -0.25) is 0 Å². The van der Waals surface area contributed by atoms with Crippen molar-refractivity contribution < 1.29 is 4.43 Å². The molecule has 0 N–H and O–H groups in total. The maximum Gasteiger partial charge on any atom is 0.269 e. The molecule has 0 bridgehead atoms. The van der Waals surface area contributed by atoms with E-state index >= 15 is 0 Å². The maximum atomic E-state index is 11.1. The third-order valence-corrected chi connectivity index (χ3v) is 2.52. The van der Waals surface area contributed by atoms with Crippen molar-refractivity contribution in [2.75, 3.05) is 0 Å². The average Bonchev–Trinajstić information content (AvgIpc) is 2.08. The van der Waals surface area contributed by atoms with Gasteiger partial charge in [-0.1, -0.05) is 31.9 Å². The molecule has 1 heterocycles. The van der Waals surface area contributed by atoms with Crippen molar-refractivity contribution in [3.63, 3.8) is 0 Å². The zero-order valence-corrected chi connectivity index (χ0v) is 9.21. The molecule has 0 fully saturated rings. The molecule has 0 aliphatic rings. The molecule has 0 unspecified atom stereocenters. The van der Waals surface area contributed by atoms with Crippen LogP contribution in [0.2, 0.25) is 0 Å². The Morgan fingerprint density at radius 3 is 2.58 bits per heavy atom. The Bertz CT molecular complexity index is 337. The summed E-state index contributed by atoms with van der Waals surface area (Å²) in [6.07, 6.45) is 2.38. The van der Waals surface area contributed by atoms with Gasteiger partial charge >= 0.3 is 0 Å². The van der Waals surface area contributed by atoms with Crippen molar-refractivity contribution >= 4 is 31.9 Å². The fraction of sp³-hybridized carbons (Fsp3) is 0.333. The highest BCUT2D eigenvalue weighted by Crippen LogP contribution is 2.10. The molecule has 0 saturated heterocycles. The normalized spacial score (nSPS) is 10.2.